The van der Waals surface area contributed by atoms with E-state index in [0.717, 1.165) is 24.6 Å². The Morgan fingerprint density at radius 3 is 2.83 bits per heavy atom. The number of rotatable bonds is 4. The third kappa shape index (κ3) is 2.73. The second kappa shape index (κ2) is 4.84. The van der Waals surface area contributed by atoms with Gasteiger partial charge in [-0.1, -0.05) is 11.8 Å². The second-order valence-electron chi connectivity index (χ2n) is 4.03. The fourth-order valence-electron chi connectivity index (χ4n) is 1.46. The summed E-state index contributed by atoms with van der Waals surface area (Å²) >= 11 is 1.11. The molecule has 0 unspecified atom stereocenters. The van der Waals surface area contributed by atoms with Crippen LogP contribution >= 0.6 is 11.8 Å². The highest BCUT2D eigenvalue weighted by Crippen LogP contribution is 2.36. The van der Waals surface area contributed by atoms with E-state index in [1.807, 2.05) is 5.32 Å². The van der Waals surface area contributed by atoms with Crippen molar-refractivity contribution in [3.8, 4) is 0 Å². The lowest BCUT2D eigenvalue weighted by molar-refractivity contribution is -0.119. The molecule has 9 heteroatoms. The highest BCUT2D eigenvalue weighted by molar-refractivity contribution is 8.00. The number of imide groups is 1. The van der Waals surface area contributed by atoms with Crippen molar-refractivity contribution in [2.24, 2.45) is 5.73 Å². The molecule has 1 aliphatic carbocycles. The summed E-state index contributed by atoms with van der Waals surface area (Å²) < 4.78 is 1.54. The van der Waals surface area contributed by atoms with Gasteiger partial charge in [0, 0.05) is 6.04 Å². The number of primary amides is 1. The van der Waals surface area contributed by atoms with Gasteiger partial charge < -0.3 is 5.73 Å². The molecule has 3 amide bonds. The maximum Gasteiger partial charge on any atom is 0.344 e. The summed E-state index contributed by atoms with van der Waals surface area (Å²) in [4.78, 5) is 33.6. The predicted octanol–water partition coefficient (Wildman–Crippen LogP) is -0.418. The smallest absolute Gasteiger partial charge is 0.344 e. The Kier molecular flexibility index (Phi) is 3.41. The Hall–Kier alpha value is -1.77. The zero-order valence-electron chi connectivity index (χ0n) is 9.67. The van der Waals surface area contributed by atoms with Crippen LogP contribution in [-0.2, 0) is 4.79 Å². The summed E-state index contributed by atoms with van der Waals surface area (Å²) in [6.07, 6.45) is 1.88. The molecule has 0 aliphatic heterocycles. The van der Waals surface area contributed by atoms with Gasteiger partial charge in [0.2, 0.25) is 5.91 Å². The first-order chi connectivity index (χ1) is 8.49. The summed E-state index contributed by atoms with van der Waals surface area (Å²) in [7, 11) is 0. The zero-order chi connectivity index (χ0) is 13.3. The molecule has 2 rings (SSSR count). The number of urea groups is 1. The molecule has 0 bridgehead atoms. The molecule has 1 aromatic heterocycles. The van der Waals surface area contributed by atoms with Crippen molar-refractivity contribution in [1.82, 2.24) is 20.1 Å². The number of thioether (sulfide) groups is 1. The normalized spacial score (nSPS) is 16.3. The number of nitrogens with two attached hydrogens (primary N) is 1. The van der Waals surface area contributed by atoms with Crippen LogP contribution in [0.4, 0.5) is 4.79 Å². The standard InChI is InChI=1S/C9H13N5O3S/c1-4(6(15)11-7(10)16)18-9-13-12-8(17)14(9)5-2-3-5/h4-5H,2-3H2,1H3,(H,12,17)(H3,10,11,15,16)/t4-/m0/s1. The first-order valence-electron chi connectivity index (χ1n) is 5.43. The Morgan fingerprint density at radius 1 is 1.61 bits per heavy atom. The quantitative estimate of drug-likeness (QED) is 0.642. The number of aromatic nitrogens is 3. The largest absolute Gasteiger partial charge is 0.351 e. The molecule has 1 fully saturated rings. The molecule has 4 N–H and O–H groups in total. The van der Waals surface area contributed by atoms with E-state index in [9.17, 15) is 14.4 Å². The van der Waals surface area contributed by atoms with Crippen LogP contribution in [0, 0.1) is 0 Å². The Labute approximate surface area is 106 Å². The lowest BCUT2D eigenvalue weighted by Crippen LogP contribution is -2.39. The SMILES string of the molecule is C[C@H](Sc1n[nH]c(=O)n1C1CC1)C(=O)NC(N)=O. The molecular weight excluding hydrogens is 258 g/mol. The van der Waals surface area contributed by atoms with Gasteiger partial charge in [0.15, 0.2) is 5.16 Å². The molecule has 18 heavy (non-hydrogen) atoms. The van der Waals surface area contributed by atoms with Crippen LogP contribution in [0.5, 0.6) is 0 Å². The van der Waals surface area contributed by atoms with Crippen molar-refractivity contribution >= 4 is 23.7 Å². The van der Waals surface area contributed by atoms with Crippen LogP contribution in [-0.4, -0.2) is 32.0 Å². The van der Waals surface area contributed by atoms with Crippen LogP contribution in [0.2, 0.25) is 0 Å². The van der Waals surface area contributed by atoms with Crippen molar-refractivity contribution in [2.75, 3.05) is 0 Å². The summed E-state index contributed by atoms with van der Waals surface area (Å²) in [5, 5.41) is 8.10. The molecule has 8 nitrogen and oxygen atoms in total. The van der Waals surface area contributed by atoms with Crippen molar-refractivity contribution in [3.63, 3.8) is 0 Å². The lowest BCUT2D eigenvalue weighted by atomic mass is 10.4. The topological polar surface area (TPSA) is 123 Å². The fourth-order valence-corrected chi connectivity index (χ4v) is 2.39. The molecule has 1 atom stereocenters. The zero-order valence-corrected chi connectivity index (χ0v) is 10.5. The van der Waals surface area contributed by atoms with E-state index in [4.69, 9.17) is 5.73 Å². The third-order valence-corrected chi connectivity index (χ3v) is 3.55. The summed E-state index contributed by atoms with van der Waals surface area (Å²) in [6.45, 7) is 1.61. The summed E-state index contributed by atoms with van der Waals surface area (Å²) in [5.41, 5.74) is 4.58. The highest BCUT2D eigenvalue weighted by Gasteiger charge is 2.30. The summed E-state index contributed by atoms with van der Waals surface area (Å²) in [5.74, 6) is -0.509. The fraction of sp³-hybridized carbons (Fsp3) is 0.556. The first-order valence-corrected chi connectivity index (χ1v) is 6.31. The highest BCUT2D eigenvalue weighted by atomic mass is 32.2. The molecule has 1 saturated carbocycles. The molecule has 0 saturated heterocycles. The van der Waals surface area contributed by atoms with Crippen LogP contribution in [0.1, 0.15) is 25.8 Å². The lowest BCUT2D eigenvalue weighted by Gasteiger charge is -2.09. The number of nitrogens with zero attached hydrogens (tertiary/aromatic N) is 2. The maximum absolute atomic E-state index is 11.5. The second-order valence-corrected chi connectivity index (χ2v) is 5.33. The van der Waals surface area contributed by atoms with E-state index >= 15 is 0 Å². The van der Waals surface area contributed by atoms with E-state index in [2.05, 4.69) is 10.2 Å². The van der Waals surface area contributed by atoms with Crippen LogP contribution in [0.15, 0.2) is 9.95 Å². The van der Waals surface area contributed by atoms with Crippen molar-refractivity contribution < 1.29 is 9.59 Å². The molecule has 1 aliphatic rings. The molecule has 98 valence electrons. The van der Waals surface area contributed by atoms with Gasteiger partial charge in [-0.3, -0.25) is 14.7 Å². The predicted molar refractivity (Wildman–Crippen MR) is 64.2 cm³/mol. The van der Waals surface area contributed by atoms with Crippen molar-refractivity contribution in [1.29, 1.82) is 0 Å². The molecule has 0 spiro atoms. The first kappa shape index (κ1) is 12.7. The van der Waals surface area contributed by atoms with E-state index in [1.165, 1.54) is 0 Å². The van der Waals surface area contributed by atoms with Gasteiger partial charge in [0.25, 0.3) is 0 Å². The van der Waals surface area contributed by atoms with Crippen LogP contribution < -0.4 is 16.7 Å². The Balaban J connectivity index is 2.07. The molecule has 0 aromatic carbocycles. The molecule has 1 heterocycles. The minimum atomic E-state index is -0.894. The van der Waals surface area contributed by atoms with Gasteiger partial charge in [-0.05, 0) is 19.8 Å². The number of hydrogen-bond acceptors (Lipinski definition) is 5. The van der Waals surface area contributed by atoms with Gasteiger partial charge in [-0.15, -0.1) is 5.10 Å². The van der Waals surface area contributed by atoms with Crippen molar-refractivity contribution in [2.45, 2.75) is 36.2 Å². The van der Waals surface area contributed by atoms with E-state index in [0.29, 0.717) is 5.16 Å². The number of hydrogen-bond donors (Lipinski definition) is 3. The average molecular weight is 271 g/mol. The van der Waals surface area contributed by atoms with Crippen LogP contribution in [0.25, 0.3) is 0 Å². The Bertz CT molecular complexity index is 533. The van der Waals surface area contributed by atoms with Gasteiger partial charge in [-0.2, -0.15) is 0 Å². The number of H-pyrrole nitrogens is 1. The molecular formula is C9H13N5O3S. The number of amides is 3. The van der Waals surface area contributed by atoms with E-state index in [-0.39, 0.29) is 11.7 Å². The van der Waals surface area contributed by atoms with Crippen molar-refractivity contribution in [3.05, 3.63) is 10.5 Å². The Morgan fingerprint density at radius 2 is 2.28 bits per heavy atom. The minimum absolute atomic E-state index is 0.171. The average Bonchev–Trinajstić information content (AvgIpc) is 3.04. The van der Waals surface area contributed by atoms with E-state index in [1.54, 1.807) is 11.5 Å². The monoisotopic (exact) mass is 271 g/mol. The van der Waals surface area contributed by atoms with Crippen LogP contribution in [0.3, 0.4) is 0 Å². The molecule has 1 aromatic rings. The third-order valence-electron chi connectivity index (χ3n) is 2.48. The van der Waals surface area contributed by atoms with Gasteiger partial charge >= 0.3 is 11.7 Å². The summed E-state index contributed by atoms with van der Waals surface area (Å²) in [6, 6.07) is -0.723. The molecule has 0 radical (unpaired) electrons. The maximum atomic E-state index is 11.5. The van der Waals surface area contributed by atoms with E-state index < -0.39 is 17.2 Å². The number of carbonyl (C=O) groups is 2. The van der Waals surface area contributed by atoms with Gasteiger partial charge in [0.05, 0.1) is 5.25 Å². The van der Waals surface area contributed by atoms with Gasteiger partial charge in [0.1, 0.15) is 0 Å². The minimum Gasteiger partial charge on any atom is -0.351 e. The number of carbonyl (C=O) groups excluding carboxylic acids is 2. The van der Waals surface area contributed by atoms with Gasteiger partial charge in [-0.25, -0.2) is 14.7 Å². The number of aromatic amines is 1. The number of nitrogens with one attached hydrogen (secondary N) is 2.